The number of carbonyl (C=O) groups is 1. The number of rotatable bonds is 9. The van der Waals surface area contributed by atoms with Crippen molar-refractivity contribution in [3.05, 3.63) is 59.2 Å². The van der Waals surface area contributed by atoms with Gasteiger partial charge in [-0.2, -0.15) is 0 Å². The fraction of sp³-hybridized carbons (Fsp3) is 0.409. The van der Waals surface area contributed by atoms with Gasteiger partial charge in [0.2, 0.25) is 0 Å². The Balaban J connectivity index is 1.72. The van der Waals surface area contributed by atoms with Gasteiger partial charge in [0, 0.05) is 6.54 Å². The molecule has 140 valence electrons. The summed E-state index contributed by atoms with van der Waals surface area (Å²) in [5.74, 6) is 1.54. The van der Waals surface area contributed by atoms with Crippen LogP contribution >= 0.6 is 0 Å². The van der Waals surface area contributed by atoms with Crippen LogP contribution in [0.4, 0.5) is 0 Å². The SMILES string of the molecule is CCOc1ccc(CCCNC(=O)[C@@H](C)Oc2cc(C)cc(C)c2)cc1. The van der Waals surface area contributed by atoms with Gasteiger partial charge in [-0.15, -0.1) is 0 Å². The van der Waals surface area contributed by atoms with Gasteiger partial charge >= 0.3 is 0 Å². The zero-order valence-corrected chi connectivity index (χ0v) is 16.2. The molecular weight excluding hydrogens is 326 g/mol. The smallest absolute Gasteiger partial charge is 0.260 e. The Labute approximate surface area is 156 Å². The van der Waals surface area contributed by atoms with Gasteiger partial charge in [-0.1, -0.05) is 18.2 Å². The maximum absolute atomic E-state index is 12.2. The standard InChI is InChI=1S/C22H29NO3/c1-5-25-20-10-8-19(9-11-20)7-6-12-23-22(24)18(4)26-21-14-16(2)13-17(3)15-21/h8-11,13-15,18H,5-7,12H2,1-4H3,(H,23,24)/t18-/m1/s1. The van der Waals surface area contributed by atoms with Gasteiger partial charge in [0.1, 0.15) is 11.5 Å². The summed E-state index contributed by atoms with van der Waals surface area (Å²) in [6.07, 6.45) is 1.29. The van der Waals surface area contributed by atoms with Crippen LogP contribution in [0.5, 0.6) is 11.5 Å². The fourth-order valence-corrected chi connectivity index (χ4v) is 2.83. The quantitative estimate of drug-likeness (QED) is 0.685. The molecule has 0 aliphatic rings. The van der Waals surface area contributed by atoms with Crippen LogP contribution in [0.2, 0.25) is 0 Å². The van der Waals surface area contributed by atoms with Crippen LogP contribution in [0.3, 0.4) is 0 Å². The molecule has 4 nitrogen and oxygen atoms in total. The van der Waals surface area contributed by atoms with E-state index >= 15 is 0 Å². The second-order valence-corrected chi connectivity index (χ2v) is 6.56. The number of ether oxygens (including phenoxy) is 2. The summed E-state index contributed by atoms with van der Waals surface area (Å²) in [7, 11) is 0. The van der Waals surface area contributed by atoms with Crippen molar-refractivity contribution in [1.29, 1.82) is 0 Å². The Morgan fingerprint density at radius 2 is 1.69 bits per heavy atom. The minimum atomic E-state index is -0.512. The van der Waals surface area contributed by atoms with E-state index in [2.05, 4.69) is 23.5 Å². The zero-order chi connectivity index (χ0) is 18.9. The predicted molar refractivity (Wildman–Crippen MR) is 105 cm³/mol. The summed E-state index contributed by atoms with van der Waals surface area (Å²) >= 11 is 0. The lowest BCUT2D eigenvalue weighted by atomic mass is 10.1. The molecule has 0 fully saturated rings. The van der Waals surface area contributed by atoms with Crippen molar-refractivity contribution in [2.24, 2.45) is 0 Å². The maximum atomic E-state index is 12.2. The van der Waals surface area contributed by atoms with Gasteiger partial charge in [0.05, 0.1) is 6.61 Å². The van der Waals surface area contributed by atoms with Crippen LogP contribution in [-0.4, -0.2) is 25.2 Å². The fourth-order valence-electron chi connectivity index (χ4n) is 2.83. The van der Waals surface area contributed by atoms with Crippen LogP contribution < -0.4 is 14.8 Å². The van der Waals surface area contributed by atoms with E-state index in [1.807, 2.05) is 45.0 Å². The summed E-state index contributed by atoms with van der Waals surface area (Å²) in [5, 5.41) is 2.95. The molecule has 0 unspecified atom stereocenters. The molecule has 0 spiro atoms. The Morgan fingerprint density at radius 3 is 2.31 bits per heavy atom. The van der Waals surface area contributed by atoms with Gasteiger partial charge in [0.25, 0.3) is 5.91 Å². The lowest BCUT2D eigenvalue weighted by molar-refractivity contribution is -0.127. The highest BCUT2D eigenvalue weighted by Gasteiger charge is 2.14. The Kier molecular flexibility index (Phi) is 7.52. The Morgan fingerprint density at radius 1 is 1.04 bits per heavy atom. The normalized spacial score (nSPS) is 11.7. The third-order valence-electron chi connectivity index (χ3n) is 4.05. The molecule has 2 aromatic rings. The molecule has 0 saturated carbocycles. The third-order valence-corrected chi connectivity index (χ3v) is 4.05. The second kappa shape index (κ2) is 9.85. The van der Waals surface area contributed by atoms with Gasteiger partial charge < -0.3 is 14.8 Å². The number of amides is 1. The molecule has 0 aromatic heterocycles. The molecule has 0 bridgehead atoms. The molecular formula is C22H29NO3. The Hall–Kier alpha value is -2.49. The van der Waals surface area contributed by atoms with Gasteiger partial charge in [0.15, 0.2) is 6.10 Å². The number of aryl methyl sites for hydroxylation is 3. The number of benzene rings is 2. The molecule has 26 heavy (non-hydrogen) atoms. The third kappa shape index (κ3) is 6.43. The van der Waals surface area contributed by atoms with Gasteiger partial charge in [-0.3, -0.25) is 4.79 Å². The van der Waals surface area contributed by atoms with E-state index in [0.29, 0.717) is 13.2 Å². The monoisotopic (exact) mass is 355 g/mol. The minimum Gasteiger partial charge on any atom is -0.494 e. The lowest BCUT2D eigenvalue weighted by Crippen LogP contribution is -2.37. The number of hydrogen-bond donors (Lipinski definition) is 1. The molecule has 1 N–H and O–H groups in total. The van der Waals surface area contributed by atoms with E-state index in [1.54, 1.807) is 6.92 Å². The largest absolute Gasteiger partial charge is 0.494 e. The molecule has 0 radical (unpaired) electrons. The first-order valence-electron chi connectivity index (χ1n) is 9.22. The highest BCUT2D eigenvalue weighted by molar-refractivity contribution is 5.80. The van der Waals surface area contributed by atoms with Crippen molar-refractivity contribution in [3.63, 3.8) is 0 Å². The summed E-state index contributed by atoms with van der Waals surface area (Å²) in [6.45, 7) is 9.10. The molecule has 1 atom stereocenters. The van der Waals surface area contributed by atoms with Crippen molar-refractivity contribution in [3.8, 4) is 11.5 Å². The van der Waals surface area contributed by atoms with Gasteiger partial charge in [-0.25, -0.2) is 0 Å². The number of hydrogen-bond acceptors (Lipinski definition) is 3. The highest BCUT2D eigenvalue weighted by Crippen LogP contribution is 2.17. The van der Waals surface area contributed by atoms with Crippen LogP contribution in [0.1, 0.15) is 37.0 Å². The Bertz CT molecular complexity index is 690. The van der Waals surface area contributed by atoms with Crippen molar-refractivity contribution < 1.29 is 14.3 Å². The molecule has 4 heteroatoms. The average molecular weight is 355 g/mol. The summed E-state index contributed by atoms with van der Waals surface area (Å²) < 4.78 is 11.2. The summed E-state index contributed by atoms with van der Waals surface area (Å²) in [6, 6.07) is 14.1. The summed E-state index contributed by atoms with van der Waals surface area (Å²) in [4.78, 5) is 12.2. The first kappa shape index (κ1) is 19.8. The molecule has 0 saturated heterocycles. The van der Waals surface area contributed by atoms with Crippen molar-refractivity contribution >= 4 is 5.91 Å². The average Bonchev–Trinajstić information content (AvgIpc) is 2.59. The lowest BCUT2D eigenvalue weighted by Gasteiger charge is -2.15. The first-order valence-corrected chi connectivity index (χ1v) is 9.22. The molecule has 0 aliphatic carbocycles. The summed E-state index contributed by atoms with van der Waals surface area (Å²) in [5.41, 5.74) is 3.49. The molecule has 0 heterocycles. The van der Waals surface area contributed by atoms with Crippen LogP contribution in [0, 0.1) is 13.8 Å². The minimum absolute atomic E-state index is 0.0872. The maximum Gasteiger partial charge on any atom is 0.260 e. The highest BCUT2D eigenvalue weighted by atomic mass is 16.5. The second-order valence-electron chi connectivity index (χ2n) is 6.56. The molecule has 0 aliphatic heterocycles. The topological polar surface area (TPSA) is 47.6 Å². The molecule has 1 amide bonds. The number of nitrogens with one attached hydrogen (secondary N) is 1. The van der Waals surface area contributed by atoms with Crippen molar-refractivity contribution in [1.82, 2.24) is 5.32 Å². The van der Waals surface area contributed by atoms with E-state index in [0.717, 1.165) is 35.5 Å². The molecule has 2 rings (SSSR count). The van der Waals surface area contributed by atoms with Crippen molar-refractivity contribution in [2.75, 3.05) is 13.2 Å². The van der Waals surface area contributed by atoms with E-state index < -0.39 is 6.10 Å². The van der Waals surface area contributed by atoms with Crippen LogP contribution in [0.25, 0.3) is 0 Å². The zero-order valence-electron chi connectivity index (χ0n) is 16.2. The van der Waals surface area contributed by atoms with E-state index in [-0.39, 0.29) is 5.91 Å². The van der Waals surface area contributed by atoms with Crippen LogP contribution in [-0.2, 0) is 11.2 Å². The van der Waals surface area contributed by atoms with E-state index in [9.17, 15) is 4.79 Å². The van der Waals surface area contributed by atoms with Crippen molar-refractivity contribution in [2.45, 2.75) is 46.6 Å². The van der Waals surface area contributed by atoms with Gasteiger partial charge in [-0.05, 0) is 81.5 Å². The predicted octanol–water partition coefficient (Wildman–Crippen LogP) is 4.22. The van der Waals surface area contributed by atoms with E-state index in [4.69, 9.17) is 9.47 Å². The van der Waals surface area contributed by atoms with E-state index in [1.165, 1.54) is 5.56 Å². The number of carbonyl (C=O) groups excluding carboxylic acids is 1. The van der Waals surface area contributed by atoms with Crippen LogP contribution in [0.15, 0.2) is 42.5 Å². The first-order chi connectivity index (χ1) is 12.5. The molecule has 2 aromatic carbocycles.